The van der Waals surface area contributed by atoms with Gasteiger partial charge in [0.2, 0.25) is 0 Å². The fourth-order valence-corrected chi connectivity index (χ4v) is 1.17. The van der Waals surface area contributed by atoms with Gasteiger partial charge in [0.15, 0.2) is 0 Å². The molecular weight excluding hydrogens is 218 g/mol. The Kier molecular flexibility index (Phi) is 1.91. The monoisotopic (exact) mass is 223 g/mol. The quantitative estimate of drug-likeness (QED) is 0.694. The Hall–Kier alpha value is -1.16. The number of halogens is 1. The summed E-state index contributed by atoms with van der Waals surface area (Å²) in [6.07, 6.45) is 7.14. The van der Waals surface area contributed by atoms with Crippen LogP contribution in [0.2, 0.25) is 0 Å². The highest BCUT2D eigenvalue weighted by atomic mass is 79.9. The van der Waals surface area contributed by atoms with Gasteiger partial charge in [-0.25, -0.2) is 9.97 Å². The Morgan fingerprint density at radius 1 is 1.33 bits per heavy atom. The van der Waals surface area contributed by atoms with Gasteiger partial charge in [-0.3, -0.25) is 0 Å². The maximum atomic E-state index is 4.10. The number of imidazole rings is 1. The van der Waals surface area contributed by atoms with Crippen molar-refractivity contribution in [1.29, 1.82) is 0 Å². The molecule has 0 spiro atoms. The predicted molar refractivity (Wildman–Crippen MR) is 49.1 cm³/mol. The average Bonchev–Trinajstić information content (AvgIpc) is 2.58. The molecule has 0 saturated heterocycles. The van der Waals surface area contributed by atoms with Crippen molar-refractivity contribution in [1.82, 2.24) is 14.5 Å². The summed E-state index contributed by atoms with van der Waals surface area (Å²) >= 11 is 3.27. The van der Waals surface area contributed by atoms with Crippen molar-refractivity contribution in [3.8, 4) is 5.69 Å². The van der Waals surface area contributed by atoms with Gasteiger partial charge in [0, 0.05) is 12.4 Å². The SMILES string of the molecule is Brc1ccc(-n2ccnc2)cn1. The Morgan fingerprint density at radius 2 is 2.25 bits per heavy atom. The van der Waals surface area contributed by atoms with Gasteiger partial charge in [-0.05, 0) is 28.1 Å². The molecule has 2 aromatic rings. The highest BCUT2D eigenvalue weighted by Crippen LogP contribution is 2.09. The molecular formula is C8H6BrN3. The van der Waals surface area contributed by atoms with Crippen LogP contribution in [0.1, 0.15) is 0 Å². The highest BCUT2D eigenvalue weighted by molar-refractivity contribution is 9.10. The molecule has 0 bridgehead atoms. The molecule has 0 aliphatic carbocycles. The number of pyridine rings is 1. The zero-order valence-electron chi connectivity index (χ0n) is 6.18. The van der Waals surface area contributed by atoms with E-state index in [0.29, 0.717) is 0 Å². The van der Waals surface area contributed by atoms with Crippen molar-refractivity contribution >= 4 is 15.9 Å². The molecule has 60 valence electrons. The summed E-state index contributed by atoms with van der Waals surface area (Å²) in [5.74, 6) is 0. The zero-order valence-corrected chi connectivity index (χ0v) is 7.77. The van der Waals surface area contributed by atoms with E-state index in [4.69, 9.17) is 0 Å². The summed E-state index contributed by atoms with van der Waals surface area (Å²) in [6.45, 7) is 0. The summed E-state index contributed by atoms with van der Waals surface area (Å²) in [5, 5.41) is 0. The molecule has 2 rings (SSSR count). The van der Waals surface area contributed by atoms with Crippen LogP contribution in [0, 0.1) is 0 Å². The molecule has 2 heterocycles. The third-order valence-corrected chi connectivity index (χ3v) is 1.98. The van der Waals surface area contributed by atoms with Crippen molar-refractivity contribution in [3.05, 3.63) is 41.7 Å². The lowest BCUT2D eigenvalue weighted by molar-refractivity contribution is 1.03. The number of aromatic nitrogens is 3. The third-order valence-electron chi connectivity index (χ3n) is 1.51. The van der Waals surface area contributed by atoms with E-state index in [1.54, 1.807) is 18.7 Å². The van der Waals surface area contributed by atoms with E-state index in [9.17, 15) is 0 Å². The summed E-state index contributed by atoms with van der Waals surface area (Å²) in [7, 11) is 0. The molecule has 2 aromatic heterocycles. The van der Waals surface area contributed by atoms with Gasteiger partial charge >= 0.3 is 0 Å². The van der Waals surface area contributed by atoms with Crippen molar-refractivity contribution in [2.45, 2.75) is 0 Å². The zero-order chi connectivity index (χ0) is 8.39. The smallest absolute Gasteiger partial charge is 0.106 e. The van der Waals surface area contributed by atoms with Gasteiger partial charge in [0.05, 0.1) is 18.2 Å². The first kappa shape index (κ1) is 7.49. The van der Waals surface area contributed by atoms with Gasteiger partial charge in [0.25, 0.3) is 0 Å². The highest BCUT2D eigenvalue weighted by Gasteiger charge is 1.94. The van der Waals surface area contributed by atoms with Crippen LogP contribution < -0.4 is 0 Å². The van der Waals surface area contributed by atoms with Crippen LogP contribution in [-0.2, 0) is 0 Å². The Balaban J connectivity index is 2.43. The van der Waals surface area contributed by atoms with Gasteiger partial charge in [0.1, 0.15) is 4.60 Å². The molecule has 0 atom stereocenters. The number of hydrogen-bond acceptors (Lipinski definition) is 2. The van der Waals surface area contributed by atoms with Crippen LogP contribution in [0.4, 0.5) is 0 Å². The van der Waals surface area contributed by atoms with Crippen molar-refractivity contribution < 1.29 is 0 Å². The molecule has 0 unspecified atom stereocenters. The minimum atomic E-state index is 0.839. The number of nitrogens with zero attached hydrogens (tertiary/aromatic N) is 3. The number of hydrogen-bond donors (Lipinski definition) is 0. The lowest BCUT2D eigenvalue weighted by atomic mass is 10.4. The van der Waals surface area contributed by atoms with Crippen molar-refractivity contribution in [2.24, 2.45) is 0 Å². The summed E-state index contributed by atoms with van der Waals surface area (Å²) in [5.41, 5.74) is 1.01. The molecule has 0 saturated carbocycles. The van der Waals surface area contributed by atoms with Gasteiger partial charge in [-0.1, -0.05) is 0 Å². The van der Waals surface area contributed by atoms with E-state index in [2.05, 4.69) is 25.9 Å². The van der Waals surface area contributed by atoms with E-state index >= 15 is 0 Å². The van der Waals surface area contributed by atoms with E-state index in [1.165, 1.54) is 0 Å². The second-order valence-electron chi connectivity index (χ2n) is 2.31. The number of rotatable bonds is 1. The van der Waals surface area contributed by atoms with E-state index in [0.717, 1.165) is 10.3 Å². The maximum absolute atomic E-state index is 4.10. The van der Waals surface area contributed by atoms with Gasteiger partial charge in [-0.15, -0.1) is 0 Å². The third kappa shape index (κ3) is 1.38. The van der Waals surface area contributed by atoms with E-state index in [-0.39, 0.29) is 0 Å². The molecule has 0 N–H and O–H groups in total. The average molecular weight is 224 g/mol. The second-order valence-corrected chi connectivity index (χ2v) is 3.12. The summed E-state index contributed by atoms with van der Waals surface area (Å²) < 4.78 is 2.74. The van der Waals surface area contributed by atoms with Crippen LogP contribution in [0.15, 0.2) is 41.7 Å². The van der Waals surface area contributed by atoms with Crippen LogP contribution >= 0.6 is 15.9 Å². The van der Waals surface area contributed by atoms with Gasteiger partial charge < -0.3 is 4.57 Å². The minimum absolute atomic E-state index is 0.839. The lowest BCUT2D eigenvalue weighted by Crippen LogP contribution is -1.89. The fraction of sp³-hybridized carbons (Fsp3) is 0. The van der Waals surface area contributed by atoms with Crippen LogP contribution in [0.3, 0.4) is 0 Å². The van der Waals surface area contributed by atoms with Crippen LogP contribution in [0.25, 0.3) is 5.69 Å². The molecule has 0 fully saturated rings. The van der Waals surface area contributed by atoms with Crippen LogP contribution in [0.5, 0.6) is 0 Å². The van der Waals surface area contributed by atoms with Crippen LogP contribution in [-0.4, -0.2) is 14.5 Å². The largest absolute Gasteiger partial charge is 0.305 e. The first-order chi connectivity index (χ1) is 5.86. The standard InChI is InChI=1S/C8H6BrN3/c9-8-2-1-7(5-11-8)12-4-3-10-6-12/h1-6H. The normalized spacial score (nSPS) is 10.1. The van der Waals surface area contributed by atoms with Crippen molar-refractivity contribution in [3.63, 3.8) is 0 Å². The summed E-state index contributed by atoms with van der Waals surface area (Å²) in [4.78, 5) is 8.05. The predicted octanol–water partition coefficient (Wildman–Crippen LogP) is 2.03. The van der Waals surface area contributed by atoms with E-state index < -0.39 is 0 Å². The summed E-state index contributed by atoms with van der Waals surface area (Å²) in [6, 6.07) is 3.87. The van der Waals surface area contributed by atoms with Crippen molar-refractivity contribution in [2.75, 3.05) is 0 Å². The molecule has 0 radical (unpaired) electrons. The molecule has 3 nitrogen and oxygen atoms in total. The topological polar surface area (TPSA) is 30.7 Å². The molecule has 0 aliphatic rings. The Bertz CT molecular complexity index is 352. The molecule has 4 heteroatoms. The molecule has 0 aromatic carbocycles. The maximum Gasteiger partial charge on any atom is 0.106 e. The Labute approximate surface area is 78.2 Å². The van der Waals surface area contributed by atoms with Gasteiger partial charge in [-0.2, -0.15) is 0 Å². The molecule has 0 amide bonds. The molecule has 0 aliphatic heterocycles. The second kappa shape index (κ2) is 3.06. The lowest BCUT2D eigenvalue weighted by Gasteiger charge is -1.99. The molecule has 12 heavy (non-hydrogen) atoms. The first-order valence-corrected chi connectivity index (χ1v) is 4.25. The minimum Gasteiger partial charge on any atom is -0.305 e. The van der Waals surface area contributed by atoms with E-state index in [1.807, 2.05) is 22.9 Å². The Morgan fingerprint density at radius 3 is 2.83 bits per heavy atom. The fourth-order valence-electron chi connectivity index (χ4n) is 0.933. The first-order valence-electron chi connectivity index (χ1n) is 3.46.